The summed E-state index contributed by atoms with van der Waals surface area (Å²) in [4.78, 5) is 94.7. The summed E-state index contributed by atoms with van der Waals surface area (Å²) >= 11 is 0. The van der Waals surface area contributed by atoms with Crippen molar-refractivity contribution in [2.45, 2.75) is 154 Å². The minimum atomic E-state index is -1.10. The van der Waals surface area contributed by atoms with Crippen molar-refractivity contribution in [1.29, 1.82) is 0 Å². The van der Waals surface area contributed by atoms with Gasteiger partial charge in [0.2, 0.25) is 29.2 Å². The van der Waals surface area contributed by atoms with Gasteiger partial charge in [0.1, 0.15) is 24.3 Å². The molecule has 1 saturated heterocycles. The van der Waals surface area contributed by atoms with Crippen molar-refractivity contribution < 1.29 is 33.7 Å². The summed E-state index contributed by atoms with van der Waals surface area (Å²) in [7, 11) is 0. The Morgan fingerprint density at radius 3 is 2.27 bits per heavy atom. The first-order valence-electron chi connectivity index (χ1n) is 19.0. The number of amides is 5. The number of H-pyrrole nitrogens is 1. The number of nitro groups is 1. The maximum atomic E-state index is 14.8. The smallest absolute Gasteiger partial charge is 0.319 e. The second-order valence-corrected chi connectivity index (χ2v) is 16.1. The zero-order valence-electron chi connectivity index (χ0n) is 30.7. The van der Waals surface area contributed by atoms with E-state index in [1.807, 2.05) is 27.7 Å². The highest BCUT2D eigenvalue weighted by molar-refractivity contribution is 6.38. The Bertz CT molecular complexity index is 1530. The van der Waals surface area contributed by atoms with Crippen LogP contribution in [0.3, 0.4) is 0 Å². The lowest BCUT2D eigenvalue weighted by molar-refractivity contribution is -0.385. The number of rotatable bonds is 14. The van der Waals surface area contributed by atoms with Crippen LogP contribution in [0.15, 0.2) is 6.20 Å². The molecular weight excluding hydrogens is 672 g/mol. The minimum absolute atomic E-state index is 0.0138. The third kappa shape index (κ3) is 8.98. The third-order valence-corrected chi connectivity index (χ3v) is 11.1. The Kier molecular flexibility index (Phi) is 12.4. The van der Waals surface area contributed by atoms with E-state index < -0.39 is 75.5 Å². The van der Waals surface area contributed by atoms with Crippen molar-refractivity contribution in [2.24, 2.45) is 17.3 Å². The van der Waals surface area contributed by atoms with Crippen LogP contribution >= 0.6 is 0 Å². The van der Waals surface area contributed by atoms with Gasteiger partial charge in [-0.1, -0.05) is 66.2 Å². The molecule has 5 amide bonds. The van der Waals surface area contributed by atoms with E-state index in [4.69, 9.17) is 0 Å². The topological polar surface area (TPSA) is 226 Å². The molecule has 16 nitrogen and oxygen atoms in total. The largest absolute Gasteiger partial charge is 0.347 e. The van der Waals surface area contributed by atoms with Gasteiger partial charge in [0.25, 0.3) is 11.8 Å². The van der Waals surface area contributed by atoms with Crippen molar-refractivity contribution in [3.8, 4) is 0 Å². The standard InChI is InChI=1S/C36H54N8O8/c1-5-11-23(29(45)34(49)38-22-16-17-22)39-31(46)25-18-21-14-9-10-15-24(21)43(25)35(50)30(36(2,3)4)41-32(47)27(20-12-7-6-8-13-20)40-33(48)28-26(44(51)52)19-37-42-28/h19-25,27,30H,5-18H2,1-4H3,(H,37,42)(H,38,49)(H,39,46)(H,40,48)(H,41,47)/t21-,23-,24-,25-,27-,30+/m0/s1. The highest BCUT2D eigenvalue weighted by Gasteiger charge is 2.51. The van der Waals surface area contributed by atoms with E-state index in [1.54, 1.807) is 4.90 Å². The van der Waals surface area contributed by atoms with E-state index in [9.17, 15) is 38.9 Å². The van der Waals surface area contributed by atoms with E-state index in [-0.39, 0.29) is 36.0 Å². The van der Waals surface area contributed by atoms with Gasteiger partial charge in [-0.3, -0.25) is 44.0 Å². The first-order valence-corrected chi connectivity index (χ1v) is 19.0. The van der Waals surface area contributed by atoms with Gasteiger partial charge in [-0.25, -0.2) is 0 Å². The fraction of sp³-hybridized carbons (Fsp3) is 0.750. The van der Waals surface area contributed by atoms with Crippen LogP contribution in [0.4, 0.5) is 5.69 Å². The fourth-order valence-electron chi connectivity index (χ4n) is 8.17. The van der Waals surface area contributed by atoms with E-state index >= 15 is 0 Å². The van der Waals surface area contributed by atoms with Gasteiger partial charge in [-0.2, -0.15) is 5.10 Å². The molecule has 1 aromatic rings. The first kappa shape index (κ1) is 38.9. The summed E-state index contributed by atoms with van der Waals surface area (Å²) in [6, 6.07) is -4.38. The average molecular weight is 727 g/mol. The zero-order chi connectivity index (χ0) is 37.7. The third-order valence-electron chi connectivity index (χ3n) is 11.1. The van der Waals surface area contributed by atoms with Crippen LogP contribution < -0.4 is 21.3 Å². The fourth-order valence-corrected chi connectivity index (χ4v) is 8.17. The molecule has 0 aromatic carbocycles. The molecule has 0 bridgehead atoms. The van der Waals surface area contributed by atoms with Crippen LogP contribution in [0.1, 0.15) is 128 Å². The highest BCUT2D eigenvalue weighted by Crippen LogP contribution is 2.41. The molecular formula is C36H54N8O8. The lowest BCUT2D eigenvalue weighted by Crippen LogP contribution is -2.63. The Hall–Kier alpha value is -4.37. The number of aromatic amines is 1. The number of ketones is 1. The van der Waals surface area contributed by atoms with Gasteiger partial charge >= 0.3 is 5.69 Å². The molecule has 5 rings (SSSR count). The first-order chi connectivity index (χ1) is 24.7. The molecule has 3 aliphatic carbocycles. The summed E-state index contributed by atoms with van der Waals surface area (Å²) in [6.45, 7) is 7.31. The predicted molar refractivity (Wildman–Crippen MR) is 188 cm³/mol. The zero-order valence-corrected chi connectivity index (χ0v) is 30.7. The molecule has 6 atom stereocenters. The quantitative estimate of drug-likeness (QED) is 0.108. The molecule has 52 heavy (non-hydrogen) atoms. The number of Topliss-reactive ketones (excluding diaryl/α,β-unsaturated/α-hetero) is 1. The molecule has 1 aliphatic heterocycles. The van der Waals surface area contributed by atoms with Crippen LogP contribution in [0.25, 0.3) is 0 Å². The number of hydrogen-bond acceptors (Lipinski definition) is 9. The summed E-state index contributed by atoms with van der Waals surface area (Å²) in [5.41, 5.74) is -1.72. The summed E-state index contributed by atoms with van der Waals surface area (Å²) in [6.07, 6.45) is 11.1. The number of carbonyl (C=O) groups excluding carboxylic acids is 6. The number of fused-ring (bicyclic) bond motifs is 1. The Balaban J connectivity index is 1.39. The second kappa shape index (κ2) is 16.5. The lowest BCUT2D eigenvalue weighted by atomic mass is 9.81. The molecule has 3 saturated carbocycles. The van der Waals surface area contributed by atoms with Crippen LogP contribution in [0, 0.1) is 27.4 Å². The number of nitrogens with zero attached hydrogens (tertiary/aromatic N) is 3. The summed E-state index contributed by atoms with van der Waals surface area (Å²) in [5.74, 6) is -4.00. The second-order valence-electron chi connectivity index (χ2n) is 16.1. The van der Waals surface area contributed by atoms with Crippen LogP contribution in [-0.4, -0.2) is 91.6 Å². The number of nitrogens with one attached hydrogen (secondary N) is 5. The van der Waals surface area contributed by atoms with Crippen molar-refractivity contribution >= 4 is 41.0 Å². The van der Waals surface area contributed by atoms with Gasteiger partial charge in [0, 0.05) is 12.1 Å². The van der Waals surface area contributed by atoms with Gasteiger partial charge < -0.3 is 26.2 Å². The van der Waals surface area contributed by atoms with Gasteiger partial charge in [-0.15, -0.1) is 0 Å². The molecule has 5 N–H and O–H groups in total. The van der Waals surface area contributed by atoms with E-state index in [0.717, 1.165) is 57.6 Å². The molecule has 4 aliphatic rings. The van der Waals surface area contributed by atoms with Crippen LogP contribution in [-0.2, 0) is 24.0 Å². The van der Waals surface area contributed by atoms with E-state index in [0.29, 0.717) is 32.1 Å². The monoisotopic (exact) mass is 726 g/mol. The molecule has 16 heteroatoms. The molecule has 1 aromatic heterocycles. The molecule has 286 valence electrons. The predicted octanol–water partition coefficient (Wildman–Crippen LogP) is 2.82. The van der Waals surface area contributed by atoms with Crippen LogP contribution in [0.5, 0.6) is 0 Å². The van der Waals surface area contributed by atoms with Gasteiger partial charge in [0.15, 0.2) is 0 Å². The summed E-state index contributed by atoms with van der Waals surface area (Å²) < 4.78 is 0. The Labute approximate surface area is 303 Å². The van der Waals surface area contributed by atoms with Crippen molar-refractivity contribution in [3.05, 3.63) is 22.0 Å². The SMILES string of the molecule is CCC[C@H](NC(=O)[C@@H]1C[C@@H]2CCCC[C@@H]2N1C(=O)[C@@H](NC(=O)[C@@H](NC(=O)c1[nH]ncc1[N+](=O)[O-])C1CCCCC1)C(C)(C)C)C(=O)C(=O)NC1CC1. The van der Waals surface area contributed by atoms with Gasteiger partial charge in [0.05, 0.1) is 11.0 Å². The van der Waals surface area contributed by atoms with Crippen molar-refractivity contribution in [3.63, 3.8) is 0 Å². The van der Waals surface area contributed by atoms with Crippen molar-refractivity contribution in [2.75, 3.05) is 0 Å². The minimum Gasteiger partial charge on any atom is -0.347 e. The maximum Gasteiger partial charge on any atom is 0.319 e. The molecule has 0 spiro atoms. The van der Waals surface area contributed by atoms with E-state index in [2.05, 4.69) is 31.5 Å². The Morgan fingerprint density at radius 2 is 1.63 bits per heavy atom. The molecule has 0 radical (unpaired) electrons. The number of hydrogen-bond donors (Lipinski definition) is 5. The number of likely N-dealkylation sites (tertiary alicyclic amines) is 1. The molecule has 2 heterocycles. The van der Waals surface area contributed by atoms with Crippen molar-refractivity contribution in [1.82, 2.24) is 36.4 Å². The lowest BCUT2D eigenvalue weighted by Gasteiger charge is -2.40. The van der Waals surface area contributed by atoms with E-state index in [1.165, 1.54) is 0 Å². The number of aromatic nitrogens is 2. The summed E-state index contributed by atoms with van der Waals surface area (Å²) in [5, 5.41) is 28.7. The van der Waals surface area contributed by atoms with Gasteiger partial charge in [-0.05, 0) is 68.6 Å². The molecule has 4 fully saturated rings. The Morgan fingerprint density at radius 1 is 0.962 bits per heavy atom. The van der Waals surface area contributed by atoms with Crippen LogP contribution in [0.2, 0.25) is 0 Å². The number of carbonyl (C=O) groups is 6. The molecule has 0 unspecified atom stereocenters. The normalized spacial score (nSPS) is 23.8. The average Bonchev–Trinajstić information content (AvgIpc) is 3.62. The maximum absolute atomic E-state index is 14.8. The highest BCUT2D eigenvalue weighted by atomic mass is 16.6.